The number of nitrogens with zero attached hydrogens (tertiary/aromatic N) is 2. The molecule has 1 amide bonds. The van der Waals surface area contributed by atoms with E-state index >= 15 is 0 Å². The molecule has 1 unspecified atom stereocenters. The first-order valence-corrected chi connectivity index (χ1v) is 8.98. The quantitative estimate of drug-likeness (QED) is 0.876. The average molecular weight is 341 g/mol. The first-order valence-electron chi connectivity index (χ1n) is 8.98. The summed E-state index contributed by atoms with van der Waals surface area (Å²) in [6.45, 7) is 2.66. The first-order chi connectivity index (χ1) is 12.1. The van der Waals surface area contributed by atoms with Crippen molar-refractivity contribution < 1.29 is 9.21 Å². The summed E-state index contributed by atoms with van der Waals surface area (Å²) in [5.41, 5.74) is 1.70. The molecule has 2 heterocycles. The van der Waals surface area contributed by atoms with Gasteiger partial charge in [-0.2, -0.15) is 0 Å². The van der Waals surface area contributed by atoms with E-state index in [2.05, 4.69) is 10.2 Å². The minimum absolute atomic E-state index is 0.0442. The maximum Gasteiger partial charge on any atom is 0.251 e. The molecule has 2 aromatic rings. The van der Waals surface area contributed by atoms with E-state index in [0.717, 1.165) is 24.5 Å². The lowest BCUT2D eigenvalue weighted by Crippen LogP contribution is -2.40. The van der Waals surface area contributed by atoms with Crippen LogP contribution in [-0.2, 0) is 0 Å². The van der Waals surface area contributed by atoms with Crippen molar-refractivity contribution in [1.82, 2.24) is 10.2 Å². The van der Waals surface area contributed by atoms with E-state index in [1.807, 2.05) is 55.4 Å². The minimum Gasteiger partial charge on any atom is -0.468 e. The van der Waals surface area contributed by atoms with Crippen molar-refractivity contribution in [3.8, 4) is 0 Å². The van der Waals surface area contributed by atoms with Crippen LogP contribution in [0.4, 0.5) is 5.69 Å². The summed E-state index contributed by atoms with van der Waals surface area (Å²) in [6, 6.07) is 11.7. The number of rotatable bonds is 6. The summed E-state index contributed by atoms with van der Waals surface area (Å²) < 4.78 is 5.64. The highest BCUT2D eigenvalue weighted by Crippen LogP contribution is 2.24. The zero-order valence-electron chi connectivity index (χ0n) is 15.1. The highest BCUT2D eigenvalue weighted by molar-refractivity contribution is 5.95. The zero-order chi connectivity index (χ0) is 17.6. The number of hydrogen-bond donors (Lipinski definition) is 1. The highest BCUT2D eigenvalue weighted by Gasteiger charge is 2.25. The van der Waals surface area contributed by atoms with Crippen molar-refractivity contribution in [2.75, 3.05) is 38.6 Å². The van der Waals surface area contributed by atoms with Crippen LogP contribution in [0.1, 0.15) is 41.4 Å². The molecule has 1 aliphatic heterocycles. The molecule has 5 heteroatoms. The van der Waals surface area contributed by atoms with Crippen LogP contribution in [0.2, 0.25) is 0 Å². The lowest BCUT2D eigenvalue weighted by Gasteiger charge is -2.33. The molecule has 1 N–H and O–H groups in total. The van der Waals surface area contributed by atoms with Gasteiger partial charge in [-0.3, -0.25) is 9.69 Å². The molecule has 1 saturated heterocycles. The molecule has 0 saturated carbocycles. The largest absolute Gasteiger partial charge is 0.468 e. The molecule has 5 nitrogen and oxygen atoms in total. The molecule has 1 fully saturated rings. The second-order valence-corrected chi connectivity index (χ2v) is 6.78. The van der Waals surface area contributed by atoms with E-state index in [-0.39, 0.29) is 11.9 Å². The van der Waals surface area contributed by atoms with Crippen LogP contribution in [-0.4, -0.2) is 44.5 Å². The predicted octanol–water partition coefficient (Wildman–Crippen LogP) is 3.30. The number of furan rings is 1. The molecule has 134 valence electrons. The Morgan fingerprint density at radius 1 is 1.20 bits per heavy atom. The Balaban J connectivity index is 1.68. The van der Waals surface area contributed by atoms with E-state index in [0.29, 0.717) is 12.1 Å². The monoisotopic (exact) mass is 341 g/mol. The van der Waals surface area contributed by atoms with Crippen LogP contribution in [0.25, 0.3) is 0 Å². The Morgan fingerprint density at radius 3 is 2.68 bits per heavy atom. The van der Waals surface area contributed by atoms with E-state index in [9.17, 15) is 4.79 Å². The van der Waals surface area contributed by atoms with Gasteiger partial charge in [-0.25, -0.2) is 0 Å². The van der Waals surface area contributed by atoms with Crippen LogP contribution < -0.4 is 10.2 Å². The number of nitrogens with one attached hydrogen (secondary N) is 1. The van der Waals surface area contributed by atoms with Gasteiger partial charge in [-0.05, 0) is 56.3 Å². The molecule has 0 aliphatic carbocycles. The van der Waals surface area contributed by atoms with Gasteiger partial charge in [0.05, 0.1) is 12.3 Å². The third kappa shape index (κ3) is 4.42. The molecule has 1 atom stereocenters. The summed E-state index contributed by atoms with van der Waals surface area (Å²) in [5, 5.41) is 3.09. The van der Waals surface area contributed by atoms with Crippen LogP contribution in [0.5, 0.6) is 0 Å². The lowest BCUT2D eigenvalue weighted by atomic mass is 10.1. The molecular weight excluding hydrogens is 314 g/mol. The molecule has 0 spiro atoms. The van der Waals surface area contributed by atoms with Crippen LogP contribution >= 0.6 is 0 Å². The number of benzene rings is 1. The Labute approximate surface area is 149 Å². The maximum atomic E-state index is 12.6. The van der Waals surface area contributed by atoms with Gasteiger partial charge in [0.1, 0.15) is 5.76 Å². The fourth-order valence-corrected chi connectivity index (χ4v) is 3.34. The average Bonchev–Trinajstić information content (AvgIpc) is 3.17. The summed E-state index contributed by atoms with van der Waals surface area (Å²) in [7, 11) is 3.95. The second kappa shape index (κ2) is 8.21. The highest BCUT2D eigenvalue weighted by atomic mass is 16.3. The number of likely N-dealkylation sites (tertiary alicyclic amines) is 1. The van der Waals surface area contributed by atoms with Crippen LogP contribution in [0, 0.1) is 0 Å². The Bertz CT molecular complexity index is 676. The van der Waals surface area contributed by atoms with Gasteiger partial charge in [-0.1, -0.05) is 12.5 Å². The molecule has 1 aromatic heterocycles. The summed E-state index contributed by atoms with van der Waals surface area (Å²) in [5.74, 6) is 0.876. The third-order valence-electron chi connectivity index (χ3n) is 4.78. The number of carbonyl (C=O) groups is 1. The van der Waals surface area contributed by atoms with E-state index < -0.39 is 0 Å². The van der Waals surface area contributed by atoms with Gasteiger partial charge in [0.2, 0.25) is 0 Å². The Kier molecular flexibility index (Phi) is 5.76. The van der Waals surface area contributed by atoms with E-state index in [4.69, 9.17) is 4.42 Å². The SMILES string of the molecule is CN(C)c1cccc(C(=O)NCC(c2ccco2)N2CCCCC2)c1. The van der Waals surface area contributed by atoms with Gasteiger partial charge in [0.15, 0.2) is 0 Å². The summed E-state index contributed by atoms with van der Waals surface area (Å²) >= 11 is 0. The van der Waals surface area contributed by atoms with Gasteiger partial charge in [-0.15, -0.1) is 0 Å². The van der Waals surface area contributed by atoms with Crippen LogP contribution in [0.15, 0.2) is 47.1 Å². The summed E-state index contributed by atoms with van der Waals surface area (Å²) in [6.07, 6.45) is 5.39. The summed E-state index contributed by atoms with van der Waals surface area (Å²) in [4.78, 5) is 17.0. The topological polar surface area (TPSA) is 48.7 Å². The van der Waals surface area contributed by atoms with Gasteiger partial charge >= 0.3 is 0 Å². The van der Waals surface area contributed by atoms with Gasteiger partial charge in [0, 0.05) is 31.9 Å². The molecule has 0 radical (unpaired) electrons. The van der Waals surface area contributed by atoms with Crippen LogP contribution in [0.3, 0.4) is 0 Å². The Morgan fingerprint density at radius 2 is 2.00 bits per heavy atom. The smallest absolute Gasteiger partial charge is 0.251 e. The second-order valence-electron chi connectivity index (χ2n) is 6.78. The van der Waals surface area contributed by atoms with Gasteiger partial charge < -0.3 is 14.6 Å². The van der Waals surface area contributed by atoms with Gasteiger partial charge in [0.25, 0.3) is 5.91 Å². The maximum absolute atomic E-state index is 12.6. The number of amides is 1. The van der Waals surface area contributed by atoms with E-state index in [1.165, 1.54) is 19.3 Å². The van der Waals surface area contributed by atoms with Crippen molar-refractivity contribution in [1.29, 1.82) is 0 Å². The number of hydrogen-bond acceptors (Lipinski definition) is 4. The van der Waals surface area contributed by atoms with Crippen molar-refractivity contribution in [2.45, 2.75) is 25.3 Å². The Hall–Kier alpha value is -2.27. The minimum atomic E-state index is -0.0442. The van der Waals surface area contributed by atoms with Crippen molar-refractivity contribution >= 4 is 11.6 Å². The molecule has 1 aromatic carbocycles. The third-order valence-corrected chi connectivity index (χ3v) is 4.78. The molecule has 1 aliphatic rings. The zero-order valence-corrected chi connectivity index (χ0v) is 15.1. The predicted molar refractivity (Wildman–Crippen MR) is 100.0 cm³/mol. The number of anilines is 1. The lowest BCUT2D eigenvalue weighted by molar-refractivity contribution is 0.0914. The van der Waals surface area contributed by atoms with Crippen molar-refractivity contribution in [2.24, 2.45) is 0 Å². The molecule has 3 rings (SSSR count). The fourth-order valence-electron chi connectivity index (χ4n) is 3.34. The standard InChI is InChI=1S/C20H27N3O2/c1-22(2)17-9-6-8-16(14-17)20(24)21-15-18(19-10-7-13-25-19)23-11-4-3-5-12-23/h6-10,13-14,18H,3-5,11-12,15H2,1-2H3,(H,21,24). The van der Waals surface area contributed by atoms with Crippen molar-refractivity contribution in [3.63, 3.8) is 0 Å². The number of piperidine rings is 1. The number of carbonyl (C=O) groups excluding carboxylic acids is 1. The fraction of sp³-hybridized carbons (Fsp3) is 0.450. The van der Waals surface area contributed by atoms with E-state index in [1.54, 1.807) is 6.26 Å². The first kappa shape index (κ1) is 17.5. The normalized spacial score (nSPS) is 16.4. The van der Waals surface area contributed by atoms with Crippen molar-refractivity contribution in [3.05, 3.63) is 54.0 Å². The molecular formula is C20H27N3O2. The molecule has 0 bridgehead atoms. The molecule has 25 heavy (non-hydrogen) atoms.